The SMILES string of the molecule is Cl.Cl.Cl.[NH2][Ir]([NH2])([NH2])([NH2])([NH2])[NH2]. The molecule has 0 rings (SSSR count). The first-order valence-corrected chi connectivity index (χ1v) is 9.45. The summed E-state index contributed by atoms with van der Waals surface area (Å²) in [6.07, 6.45) is 0. The molecule has 0 aromatic heterocycles. The Morgan fingerprint density at radius 1 is 0.500 bits per heavy atom. The van der Waals surface area contributed by atoms with Gasteiger partial charge in [0.25, 0.3) is 0 Å². The molecule has 0 aromatic carbocycles. The fraction of sp³-hybridized carbons (Fsp3) is 0. The van der Waals surface area contributed by atoms with E-state index >= 15 is 0 Å². The zero-order chi connectivity index (χ0) is 6.41. The van der Waals surface area contributed by atoms with Gasteiger partial charge in [-0.1, -0.05) is 0 Å². The van der Waals surface area contributed by atoms with Gasteiger partial charge in [0.05, 0.1) is 0 Å². The summed E-state index contributed by atoms with van der Waals surface area (Å²) in [5, 5.41) is 0. The van der Waals surface area contributed by atoms with E-state index in [1.807, 2.05) is 0 Å². The van der Waals surface area contributed by atoms with Crippen molar-refractivity contribution < 1.29 is 14.3 Å². The molecule has 75 valence electrons. The number of rotatable bonds is 0. The van der Waals surface area contributed by atoms with E-state index in [4.69, 9.17) is 26.4 Å². The van der Waals surface area contributed by atoms with Gasteiger partial charge in [0.15, 0.2) is 0 Å². The van der Waals surface area contributed by atoms with E-state index in [-0.39, 0.29) is 37.2 Å². The topological polar surface area (TPSA) is 156 Å². The molecule has 0 aliphatic carbocycles. The van der Waals surface area contributed by atoms with Gasteiger partial charge >= 0.3 is 40.8 Å². The number of hydrogen-bond acceptors (Lipinski definition) is 6. The maximum atomic E-state index is 4.92. The van der Waals surface area contributed by atoms with Crippen molar-refractivity contribution >= 4 is 37.2 Å². The van der Waals surface area contributed by atoms with Gasteiger partial charge in [0, 0.05) is 0 Å². The Balaban J connectivity index is -0.0000000600. The Labute approximate surface area is 77.9 Å². The third-order valence-corrected chi connectivity index (χ3v) is 0. The van der Waals surface area contributed by atoms with Crippen molar-refractivity contribution in [3.63, 3.8) is 0 Å². The van der Waals surface area contributed by atoms with Crippen LogP contribution in [0.5, 0.6) is 0 Å². The van der Waals surface area contributed by atoms with Crippen molar-refractivity contribution in [1.29, 1.82) is 0 Å². The molecule has 10 heavy (non-hydrogen) atoms. The predicted octanol–water partition coefficient (Wildman–Crippen LogP) is -2.28. The Morgan fingerprint density at radius 2 is 0.500 bits per heavy atom. The van der Waals surface area contributed by atoms with Crippen molar-refractivity contribution in [3.8, 4) is 0 Å². The van der Waals surface area contributed by atoms with E-state index in [0.29, 0.717) is 0 Å². The maximum absolute atomic E-state index is 5.17. The normalized spacial score (nSPS) is 16.2. The Kier molecular flexibility index (Phi) is 7.51. The van der Waals surface area contributed by atoms with Gasteiger partial charge in [-0.15, -0.1) is 37.2 Å². The number of hydrogen-bond donors (Lipinski definition) is 6. The molecular weight excluding hydrogens is 383 g/mol. The first-order chi connectivity index (χ1) is 2.45. The number of halogens is 3. The van der Waals surface area contributed by atoms with Crippen LogP contribution in [0.15, 0.2) is 0 Å². The monoisotopic (exact) mass is 397 g/mol. The van der Waals surface area contributed by atoms with Crippen LogP contribution in [0.3, 0.4) is 0 Å². The van der Waals surface area contributed by atoms with Crippen LogP contribution in [-0.4, -0.2) is 0 Å². The Morgan fingerprint density at radius 3 is 0.500 bits per heavy atom. The predicted molar refractivity (Wildman–Crippen MR) is 46.9 cm³/mol. The summed E-state index contributed by atoms with van der Waals surface area (Å²) in [4.78, 5) is 0. The van der Waals surface area contributed by atoms with Crippen LogP contribution in [0.25, 0.3) is 0 Å². The second kappa shape index (κ2) is 3.34. The Bertz CT molecular complexity index is 71.6. The van der Waals surface area contributed by atoms with E-state index < -0.39 is 14.3 Å². The third-order valence-electron chi connectivity index (χ3n) is 0. The van der Waals surface area contributed by atoms with Crippen molar-refractivity contribution in [1.82, 2.24) is 0 Å². The molecule has 0 amide bonds. The summed E-state index contributed by atoms with van der Waals surface area (Å²) in [6.45, 7) is 0. The van der Waals surface area contributed by atoms with E-state index in [1.165, 1.54) is 0 Å². The molecule has 0 unspecified atom stereocenters. The summed E-state index contributed by atoms with van der Waals surface area (Å²) < 4.78 is 29.5. The molecule has 0 spiro atoms. The zero-order valence-corrected chi connectivity index (χ0v) is 9.87. The molecule has 0 radical (unpaired) electrons. The first kappa shape index (κ1) is 22.5. The molecule has 0 atom stereocenters. The van der Waals surface area contributed by atoms with Gasteiger partial charge in [-0.25, -0.2) is 0 Å². The summed E-state index contributed by atoms with van der Waals surface area (Å²) in [5.41, 5.74) is 0. The molecule has 0 bridgehead atoms. The van der Waals surface area contributed by atoms with E-state index in [0.717, 1.165) is 0 Å². The van der Waals surface area contributed by atoms with E-state index in [9.17, 15) is 0 Å². The molecule has 12 N–H and O–H groups in total. The summed E-state index contributed by atoms with van der Waals surface area (Å²) in [5.74, 6) is 0. The van der Waals surface area contributed by atoms with Gasteiger partial charge < -0.3 is 0 Å². The molecule has 0 saturated carbocycles. The van der Waals surface area contributed by atoms with Gasteiger partial charge in [0.1, 0.15) is 0 Å². The first-order valence-electron chi connectivity index (χ1n) is 1.15. The van der Waals surface area contributed by atoms with Gasteiger partial charge in [0.2, 0.25) is 0 Å². The molecule has 6 nitrogen and oxygen atoms in total. The molecular formula is H15Cl3IrN6. The average Bonchev–Trinajstić information content (AvgIpc) is 0.592. The van der Waals surface area contributed by atoms with Crippen molar-refractivity contribution in [2.24, 2.45) is 26.4 Å². The van der Waals surface area contributed by atoms with Crippen molar-refractivity contribution in [3.05, 3.63) is 0 Å². The quantitative estimate of drug-likeness (QED) is 0.270. The summed E-state index contributed by atoms with van der Waals surface area (Å²) in [7, 11) is 0. The summed E-state index contributed by atoms with van der Waals surface area (Å²) in [6, 6.07) is 0. The molecule has 0 aliphatic heterocycles. The minimum atomic E-state index is -5.17. The molecule has 0 aromatic rings. The Hall–Kier alpha value is 1.28. The molecule has 0 heterocycles. The summed E-state index contributed by atoms with van der Waals surface area (Å²) >= 11 is -5.17. The van der Waals surface area contributed by atoms with Crippen LogP contribution >= 0.6 is 37.2 Å². The van der Waals surface area contributed by atoms with Gasteiger partial charge in [-0.2, -0.15) is 0 Å². The van der Waals surface area contributed by atoms with Crippen LogP contribution in [-0.2, 0) is 14.3 Å². The van der Waals surface area contributed by atoms with Gasteiger partial charge in [-0.3, -0.25) is 0 Å². The van der Waals surface area contributed by atoms with Crippen LogP contribution in [0.4, 0.5) is 0 Å². The second-order valence-electron chi connectivity index (χ2n) is 1.67. The van der Waals surface area contributed by atoms with Crippen molar-refractivity contribution in [2.45, 2.75) is 0 Å². The van der Waals surface area contributed by atoms with Crippen LogP contribution in [0.1, 0.15) is 0 Å². The van der Waals surface area contributed by atoms with Crippen LogP contribution < -0.4 is 26.4 Å². The van der Waals surface area contributed by atoms with Gasteiger partial charge in [-0.05, 0) is 0 Å². The van der Waals surface area contributed by atoms with Crippen LogP contribution in [0, 0.1) is 0 Å². The standard InChI is InChI=1S/3ClH.Ir.6H2N/h3*1H;;6*1H2/q;;;+6;6*-1. The zero-order valence-electron chi connectivity index (χ0n) is 5.02. The minimum absolute atomic E-state index is 0. The van der Waals surface area contributed by atoms with E-state index in [1.54, 1.807) is 0 Å². The molecule has 0 saturated heterocycles. The van der Waals surface area contributed by atoms with Crippen molar-refractivity contribution in [2.75, 3.05) is 0 Å². The molecule has 0 fully saturated rings. The third kappa shape index (κ3) is 389. The average molecular weight is 398 g/mol. The second-order valence-corrected chi connectivity index (χ2v) is 13.6. The fourth-order valence-electron chi connectivity index (χ4n) is 0. The number of nitrogens with two attached hydrogens (primary N) is 6. The van der Waals surface area contributed by atoms with E-state index in [2.05, 4.69) is 0 Å². The van der Waals surface area contributed by atoms with Crippen LogP contribution in [0.2, 0.25) is 0 Å². The fourth-order valence-corrected chi connectivity index (χ4v) is 0. The molecule has 10 heteroatoms. The molecule has 0 aliphatic rings.